The van der Waals surface area contributed by atoms with Crippen LogP contribution in [0.1, 0.15) is 34.3 Å². The van der Waals surface area contributed by atoms with Crippen LogP contribution in [-0.4, -0.2) is 38.8 Å². The maximum Gasteiger partial charge on any atom is 0.256 e. The number of hydrogen-bond donors (Lipinski definition) is 1. The number of benzene rings is 2. The van der Waals surface area contributed by atoms with Gasteiger partial charge in [0.2, 0.25) is 10.0 Å². The van der Waals surface area contributed by atoms with Crippen molar-refractivity contribution in [3.05, 3.63) is 53.1 Å². The number of nitrogens with zero attached hydrogens (tertiary/aromatic N) is 1. The van der Waals surface area contributed by atoms with E-state index in [4.69, 9.17) is 4.74 Å². The van der Waals surface area contributed by atoms with E-state index < -0.39 is 10.0 Å². The van der Waals surface area contributed by atoms with Gasteiger partial charge in [-0.3, -0.25) is 4.79 Å². The zero-order valence-electron chi connectivity index (χ0n) is 15.8. The van der Waals surface area contributed by atoms with Crippen molar-refractivity contribution in [3.8, 4) is 5.75 Å². The number of carbonyl (C=O) groups is 1. The predicted molar refractivity (Wildman–Crippen MR) is 105 cm³/mol. The summed E-state index contributed by atoms with van der Waals surface area (Å²) in [6, 6.07) is 10.2. The van der Waals surface area contributed by atoms with Crippen molar-refractivity contribution in [2.24, 2.45) is 0 Å². The lowest BCUT2D eigenvalue weighted by atomic mass is 10.1. The molecule has 0 aliphatic carbocycles. The maximum atomic E-state index is 12.8. The molecule has 2 aromatic rings. The average molecular weight is 388 g/mol. The van der Waals surface area contributed by atoms with Crippen LogP contribution in [0.25, 0.3) is 0 Å². The highest BCUT2D eigenvalue weighted by Gasteiger charge is 2.28. The molecule has 0 spiro atoms. The summed E-state index contributed by atoms with van der Waals surface area (Å²) in [4.78, 5) is 13.0. The molecule has 1 fully saturated rings. The van der Waals surface area contributed by atoms with Crippen molar-refractivity contribution in [3.63, 3.8) is 0 Å². The fourth-order valence-electron chi connectivity index (χ4n) is 3.19. The van der Waals surface area contributed by atoms with Gasteiger partial charge in [-0.25, -0.2) is 8.42 Å². The van der Waals surface area contributed by atoms with Gasteiger partial charge in [-0.2, -0.15) is 4.31 Å². The van der Waals surface area contributed by atoms with Crippen LogP contribution in [0.5, 0.6) is 5.75 Å². The maximum absolute atomic E-state index is 12.8. The summed E-state index contributed by atoms with van der Waals surface area (Å²) in [6.07, 6.45) is 1.73. The van der Waals surface area contributed by atoms with Crippen molar-refractivity contribution in [1.29, 1.82) is 0 Å². The summed E-state index contributed by atoms with van der Waals surface area (Å²) in [5, 5.41) is 2.84. The lowest BCUT2D eigenvalue weighted by Crippen LogP contribution is -2.28. The molecule has 0 atom stereocenters. The second-order valence-electron chi connectivity index (χ2n) is 6.75. The SMILES string of the molecule is COc1ccc(C)cc1NC(=O)c1cc(S(=O)(=O)N2CCCC2)ccc1C. The van der Waals surface area contributed by atoms with Gasteiger partial charge in [-0.15, -0.1) is 0 Å². The Labute approximate surface area is 160 Å². The zero-order chi connectivity index (χ0) is 19.6. The monoisotopic (exact) mass is 388 g/mol. The summed E-state index contributed by atoms with van der Waals surface area (Å²) in [5.41, 5.74) is 2.57. The number of rotatable bonds is 5. The largest absolute Gasteiger partial charge is 0.495 e. The minimum Gasteiger partial charge on any atom is -0.495 e. The lowest BCUT2D eigenvalue weighted by molar-refractivity contribution is 0.102. The fraction of sp³-hybridized carbons (Fsp3) is 0.350. The molecule has 1 aliphatic rings. The van der Waals surface area contributed by atoms with Gasteiger partial charge in [-0.1, -0.05) is 12.1 Å². The van der Waals surface area contributed by atoms with Crippen LogP contribution < -0.4 is 10.1 Å². The van der Waals surface area contributed by atoms with Crippen LogP contribution >= 0.6 is 0 Å². The van der Waals surface area contributed by atoms with E-state index in [9.17, 15) is 13.2 Å². The average Bonchev–Trinajstić information content (AvgIpc) is 3.17. The summed E-state index contributed by atoms with van der Waals surface area (Å²) < 4.78 is 32.4. The minimum absolute atomic E-state index is 0.149. The van der Waals surface area contributed by atoms with E-state index in [0.29, 0.717) is 35.7 Å². The van der Waals surface area contributed by atoms with Gasteiger partial charge >= 0.3 is 0 Å². The number of carbonyl (C=O) groups excluding carboxylic acids is 1. The number of nitrogens with one attached hydrogen (secondary N) is 1. The third-order valence-electron chi connectivity index (χ3n) is 4.76. The molecular weight excluding hydrogens is 364 g/mol. The number of methoxy groups -OCH3 is 1. The van der Waals surface area contributed by atoms with E-state index in [2.05, 4.69) is 5.32 Å². The zero-order valence-corrected chi connectivity index (χ0v) is 16.6. The first-order valence-corrected chi connectivity index (χ1v) is 10.3. The molecule has 1 N–H and O–H groups in total. The number of sulfonamides is 1. The Balaban J connectivity index is 1.93. The summed E-state index contributed by atoms with van der Waals surface area (Å²) in [7, 11) is -2.04. The second-order valence-corrected chi connectivity index (χ2v) is 8.68. The molecule has 0 radical (unpaired) electrons. The van der Waals surface area contributed by atoms with Crippen molar-refractivity contribution in [1.82, 2.24) is 4.31 Å². The second kappa shape index (κ2) is 7.70. The van der Waals surface area contributed by atoms with Crippen molar-refractivity contribution < 1.29 is 17.9 Å². The van der Waals surface area contributed by atoms with E-state index >= 15 is 0 Å². The van der Waals surface area contributed by atoms with E-state index in [-0.39, 0.29) is 10.8 Å². The van der Waals surface area contributed by atoms with E-state index in [1.807, 2.05) is 19.1 Å². The fourth-order valence-corrected chi connectivity index (χ4v) is 4.74. The Kier molecular flexibility index (Phi) is 5.53. The van der Waals surface area contributed by atoms with Crippen LogP contribution in [0.2, 0.25) is 0 Å². The number of ether oxygens (including phenoxy) is 1. The highest BCUT2D eigenvalue weighted by atomic mass is 32.2. The van der Waals surface area contributed by atoms with Crippen LogP contribution in [0.3, 0.4) is 0 Å². The molecule has 0 saturated carbocycles. The van der Waals surface area contributed by atoms with Gasteiger partial charge in [-0.05, 0) is 62.1 Å². The molecule has 144 valence electrons. The number of hydrogen-bond acceptors (Lipinski definition) is 4. The van der Waals surface area contributed by atoms with Crippen LogP contribution in [-0.2, 0) is 10.0 Å². The van der Waals surface area contributed by atoms with E-state index in [1.165, 1.54) is 17.5 Å². The van der Waals surface area contributed by atoms with Gasteiger partial charge < -0.3 is 10.1 Å². The molecule has 1 saturated heterocycles. The lowest BCUT2D eigenvalue weighted by Gasteiger charge is -2.17. The van der Waals surface area contributed by atoms with Gasteiger partial charge in [0.25, 0.3) is 5.91 Å². The van der Waals surface area contributed by atoms with Crippen LogP contribution in [0.15, 0.2) is 41.3 Å². The topological polar surface area (TPSA) is 75.7 Å². The molecule has 0 aromatic heterocycles. The van der Waals surface area contributed by atoms with Crippen molar-refractivity contribution in [2.75, 3.05) is 25.5 Å². The Morgan fingerprint density at radius 2 is 1.78 bits per heavy atom. The first-order chi connectivity index (χ1) is 12.8. The quantitative estimate of drug-likeness (QED) is 0.852. The Morgan fingerprint density at radius 1 is 1.07 bits per heavy atom. The third kappa shape index (κ3) is 3.99. The molecule has 0 unspecified atom stereocenters. The van der Waals surface area contributed by atoms with Gasteiger partial charge in [0.15, 0.2) is 0 Å². The normalized spacial score (nSPS) is 14.9. The molecular formula is C20H24N2O4S. The minimum atomic E-state index is -3.58. The molecule has 2 aromatic carbocycles. The number of anilines is 1. The molecule has 27 heavy (non-hydrogen) atoms. The molecule has 7 heteroatoms. The Morgan fingerprint density at radius 3 is 2.44 bits per heavy atom. The highest BCUT2D eigenvalue weighted by molar-refractivity contribution is 7.89. The molecule has 3 rings (SSSR count). The Bertz CT molecular complexity index is 964. The first-order valence-electron chi connectivity index (χ1n) is 8.90. The molecule has 6 nitrogen and oxygen atoms in total. The van der Waals surface area contributed by atoms with Gasteiger partial charge in [0.1, 0.15) is 5.75 Å². The molecule has 1 heterocycles. The summed E-state index contributed by atoms with van der Waals surface area (Å²) in [6.45, 7) is 4.76. The number of amides is 1. The number of aryl methyl sites for hydroxylation is 2. The predicted octanol–water partition coefficient (Wildman–Crippen LogP) is 3.35. The van der Waals surface area contributed by atoms with Crippen LogP contribution in [0, 0.1) is 13.8 Å². The van der Waals surface area contributed by atoms with E-state index in [1.54, 1.807) is 25.1 Å². The molecule has 1 aliphatic heterocycles. The molecule has 1 amide bonds. The Hall–Kier alpha value is -2.38. The van der Waals surface area contributed by atoms with Crippen molar-refractivity contribution in [2.45, 2.75) is 31.6 Å². The van der Waals surface area contributed by atoms with Gasteiger partial charge in [0, 0.05) is 18.7 Å². The van der Waals surface area contributed by atoms with Gasteiger partial charge in [0.05, 0.1) is 17.7 Å². The third-order valence-corrected chi connectivity index (χ3v) is 6.65. The highest BCUT2D eigenvalue weighted by Crippen LogP contribution is 2.27. The summed E-state index contributed by atoms with van der Waals surface area (Å²) >= 11 is 0. The molecule has 0 bridgehead atoms. The van der Waals surface area contributed by atoms with E-state index in [0.717, 1.165) is 18.4 Å². The standard InChI is InChI=1S/C20H24N2O4S/c1-14-6-9-19(26-3)18(12-14)21-20(23)17-13-16(8-7-15(17)2)27(24,25)22-10-4-5-11-22/h6-9,12-13H,4-5,10-11H2,1-3H3,(H,21,23). The van der Waals surface area contributed by atoms with Crippen LogP contribution in [0.4, 0.5) is 5.69 Å². The van der Waals surface area contributed by atoms with Crippen molar-refractivity contribution >= 4 is 21.6 Å². The first kappa shape index (κ1) is 19.4. The smallest absolute Gasteiger partial charge is 0.256 e. The summed E-state index contributed by atoms with van der Waals surface area (Å²) in [5.74, 6) is 0.183.